The van der Waals surface area contributed by atoms with Crippen molar-refractivity contribution in [3.8, 4) is 0 Å². The predicted octanol–water partition coefficient (Wildman–Crippen LogP) is 3.51. The van der Waals surface area contributed by atoms with Crippen LogP contribution in [0.1, 0.15) is 18.6 Å². The zero-order valence-electron chi connectivity index (χ0n) is 9.02. The number of benzene rings is 1. The molecular formula is C14H16O. The standard InChI is InChI=1S/C14H16O/c1-3-7-13-11(2)10-15-14(13)12-8-5-4-6-9-12/h3-9,11,14H,1,10H2,2H3/b13-7-. The van der Waals surface area contributed by atoms with Crippen molar-refractivity contribution in [3.05, 3.63) is 60.2 Å². The molecule has 0 N–H and O–H groups in total. The SMILES string of the molecule is C=C/C=C1/C(C)COC1c1ccccc1. The lowest BCUT2D eigenvalue weighted by Crippen LogP contribution is -1.99. The summed E-state index contributed by atoms with van der Waals surface area (Å²) in [5.41, 5.74) is 2.56. The second-order valence-electron chi connectivity index (χ2n) is 3.93. The van der Waals surface area contributed by atoms with Crippen molar-refractivity contribution in [3.63, 3.8) is 0 Å². The summed E-state index contributed by atoms with van der Waals surface area (Å²) in [7, 11) is 0. The van der Waals surface area contributed by atoms with E-state index < -0.39 is 0 Å². The Hall–Kier alpha value is -1.34. The van der Waals surface area contributed by atoms with Crippen molar-refractivity contribution >= 4 is 0 Å². The summed E-state index contributed by atoms with van der Waals surface area (Å²) in [5, 5.41) is 0. The second-order valence-corrected chi connectivity index (χ2v) is 3.93. The first-order chi connectivity index (χ1) is 7.33. The zero-order valence-corrected chi connectivity index (χ0v) is 9.02. The molecule has 2 rings (SSSR count). The van der Waals surface area contributed by atoms with E-state index in [9.17, 15) is 0 Å². The molecule has 1 nitrogen and oxygen atoms in total. The van der Waals surface area contributed by atoms with E-state index in [2.05, 4.69) is 31.7 Å². The Bertz CT molecular complexity index is 364. The Balaban J connectivity index is 2.30. The molecule has 0 bridgehead atoms. The van der Waals surface area contributed by atoms with Crippen LogP contribution in [0.25, 0.3) is 0 Å². The van der Waals surface area contributed by atoms with Gasteiger partial charge < -0.3 is 4.74 Å². The van der Waals surface area contributed by atoms with E-state index in [4.69, 9.17) is 4.74 Å². The first-order valence-corrected chi connectivity index (χ1v) is 5.32. The van der Waals surface area contributed by atoms with Crippen LogP contribution in [-0.4, -0.2) is 6.61 Å². The van der Waals surface area contributed by atoms with E-state index in [0.29, 0.717) is 5.92 Å². The molecule has 1 aromatic carbocycles. The molecule has 0 amide bonds. The van der Waals surface area contributed by atoms with Gasteiger partial charge in [0.25, 0.3) is 0 Å². The molecule has 1 saturated heterocycles. The predicted molar refractivity (Wildman–Crippen MR) is 62.6 cm³/mol. The van der Waals surface area contributed by atoms with E-state index in [-0.39, 0.29) is 6.10 Å². The van der Waals surface area contributed by atoms with Crippen molar-refractivity contribution in [2.24, 2.45) is 5.92 Å². The lowest BCUT2D eigenvalue weighted by Gasteiger charge is -2.12. The van der Waals surface area contributed by atoms with Crippen LogP contribution in [-0.2, 0) is 4.74 Å². The normalized spacial score (nSPS) is 28.2. The number of rotatable bonds is 2. The molecule has 2 unspecified atom stereocenters. The van der Waals surface area contributed by atoms with Gasteiger partial charge in [0, 0.05) is 5.92 Å². The highest BCUT2D eigenvalue weighted by atomic mass is 16.5. The summed E-state index contributed by atoms with van der Waals surface area (Å²) < 4.78 is 5.80. The van der Waals surface area contributed by atoms with E-state index in [1.54, 1.807) is 0 Å². The zero-order chi connectivity index (χ0) is 10.7. The molecule has 0 spiro atoms. The third-order valence-corrected chi connectivity index (χ3v) is 2.80. The smallest absolute Gasteiger partial charge is 0.104 e. The van der Waals surface area contributed by atoms with Crippen molar-refractivity contribution in [2.45, 2.75) is 13.0 Å². The fourth-order valence-corrected chi connectivity index (χ4v) is 2.00. The topological polar surface area (TPSA) is 9.23 Å². The van der Waals surface area contributed by atoms with Gasteiger partial charge in [-0.25, -0.2) is 0 Å². The van der Waals surface area contributed by atoms with Gasteiger partial charge in [-0.1, -0.05) is 56.0 Å². The Kier molecular flexibility index (Phi) is 3.02. The minimum Gasteiger partial charge on any atom is -0.368 e. The van der Waals surface area contributed by atoms with Gasteiger partial charge in [-0.15, -0.1) is 0 Å². The minimum absolute atomic E-state index is 0.124. The highest BCUT2D eigenvalue weighted by molar-refractivity contribution is 5.31. The molecule has 1 fully saturated rings. The van der Waals surface area contributed by atoms with E-state index in [0.717, 1.165) is 6.61 Å². The van der Waals surface area contributed by atoms with Crippen LogP contribution >= 0.6 is 0 Å². The lowest BCUT2D eigenvalue weighted by molar-refractivity contribution is 0.118. The average Bonchev–Trinajstić information content (AvgIpc) is 2.63. The van der Waals surface area contributed by atoms with Crippen LogP contribution in [0, 0.1) is 5.92 Å². The van der Waals surface area contributed by atoms with Crippen LogP contribution in [0.15, 0.2) is 54.6 Å². The molecular weight excluding hydrogens is 184 g/mol. The van der Waals surface area contributed by atoms with Crippen LogP contribution in [0.2, 0.25) is 0 Å². The van der Waals surface area contributed by atoms with Gasteiger partial charge >= 0.3 is 0 Å². The monoisotopic (exact) mass is 200 g/mol. The average molecular weight is 200 g/mol. The van der Waals surface area contributed by atoms with E-state index in [1.807, 2.05) is 24.3 Å². The molecule has 15 heavy (non-hydrogen) atoms. The van der Waals surface area contributed by atoms with Gasteiger partial charge in [-0.3, -0.25) is 0 Å². The largest absolute Gasteiger partial charge is 0.368 e. The Morgan fingerprint density at radius 2 is 2.07 bits per heavy atom. The number of hydrogen-bond donors (Lipinski definition) is 0. The van der Waals surface area contributed by atoms with Gasteiger partial charge in [0.15, 0.2) is 0 Å². The molecule has 0 saturated carbocycles. The third-order valence-electron chi connectivity index (χ3n) is 2.80. The van der Waals surface area contributed by atoms with E-state index >= 15 is 0 Å². The first-order valence-electron chi connectivity index (χ1n) is 5.32. The summed E-state index contributed by atoms with van der Waals surface area (Å²) in [4.78, 5) is 0. The fraction of sp³-hybridized carbons (Fsp3) is 0.286. The lowest BCUT2D eigenvalue weighted by atomic mass is 9.95. The maximum Gasteiger partial charge on any atom is 0.104 e. The molecule has 78 valence electrons. The number of allylic oxidation sites excluding steroid dienone is 2. The third kappa shape index (κ3) is 2.02. The van der Waals surface area contributed by atoms with Crippen LogP contribution in [0.5, 0.6) is 0 Å². The summed E-state index contributed by atoms with van der Waals surface area (Å²) in [6.45, 7) is 6.75. The highest BCUT2D eigenvalue weighted by Gasteiger charge is 2.28. The molecule has 2 atom stereocenters. The van der Waals surface area contributed by atoms with Crippen LogP contribution in [0.3, 0.4) is 0 Å². The minimum atomic E-state index is 0.124. The molecule has 1 aliphatic rings. The molecule has 0 aliphatic carbocycles. The Morgan fingerprint density at radius 1 is 1.33 bits per heavy atom. The van der Waals surface area contributed by atoms with Crippen molar-refractivity contribution in [1.29, 1.82) is 0 Å². The summed E-state index contributed by atoms with van der Waals surface area (Å²) >= 11 is 0. The molecule has 1 heterocycles. The van der Waals surface area contributed by atoms with Crippen molar-refractivity contribution < 1.29 is 4.74 Å². The quantitative estimate of drug-likeness (QED) is 0.710. The van der Waals surface area contributed by atoms with Gasteiger partial charge in [0.1, 0.15) is 6.10 Å². The van der Waals surface area contributed by atoms with Gasteiger partial charge in [0.2, 0.25) is 0 Å². The summed E-state index contributed by atoms with van der Waals surface area (Å²) in [6.07, 6.45) is 4.05. The van der Waals surface area contributed by atoms with Gasteiger partial charge in [-0.05, 0) is 11.1 Å². The van der Waals surface area contributed by atoms with Gasteiger partial charge in [-0.2, -0.15) is 0 Å². The maximum absolute atomic E-state index is 5.80. The summed E-state index contributed by atoms with van der Waals surface area (Å²) in [5.74, 6) is 0.494. The second kappa shape index (κ2) is 4.45. The molecule has 1 aromatic rings. The number of hydrogen-bond acceptors (Lipinski definition) is 1. The van der Waals surface area contributed by atoms with Crippen LogP contribution in [0.4, 0.5) is 0 Å². The highest BCUT2D eigenvalue weighted by Crippen LogP contribution is 2.37. The molecule has 1 aliphatic heterocycles. The fourth-order valence-electron chi connectivity index (χ4n) is 2.00. The summed E-state index contributed by atoms with van der Waals surface area (Å²) in [6, 6.07) is 10.3. The Morgan fingerprint density at radius 3 is 2.73 bits per heavy atom. The van der Waals surface area contributed by atoms with E-state index in [1.165, 1.54) is 11.1 Å². The molecule has 1 heteroatoms. The van der Waals surface area contributed by atoms with Crippen molar-refractivity contribution in [2.75, 3.05) is 6.61 Å². The van der Waals surface area contributed by atoms with Crippen LogP contribution < -0.4 is 0 Å². The maximum atomic E-state index is 5.80. The Labute approximate surface area is 91.1 Å². The van der Waals surface area contributed by atoms with Gasteiger partial charge in [0.05, 0.1) is 6.61 Å². The molecule has 0 radical (unpaired) electrons. The first kappa shape index (κ1) is 10.2. The molecule has 0 aromatic heterocycles. The van der Waals surface area contributed by atoms with Crippen molar-refractivity contribution in [1.82, 2.24) is 0 Å². The number of ether oxygens (including phenoxy) is 1.